The molecule has 1 aromatic heterocycles. The van der Waals surface area contributed by atoms with Gasteiger partial charge in [0.05, 0.1) is 0 Å². The number of aromatic nitrogens is 1. The Kier molecular flexibility index (Phi) is 4.88. The molecule has 1 heterocycles. The van der Waals surface area contributed by atoms with E-state index in [1.54, 1.807) is 10.6 Å². The van der Waals surface area contributed by atoms with Crippen LogP contribution in [0.4, 0.5) is 0 Å². The van der Waals surface area contributed by atoms with Crippen LogP contribution in [0.1, 0.15) is 31.9 Å². The van der Waals surface area contributed by atoms with E-state index in [2.05, 4.69) is 20.8 Å². The van der Waals surface area contributed by atoms with Gasteiger partial charge in [0.1, 0.15) is 0 Å². The van der Waals surface area contributed by atoms with Crippen molar-refractivity contribution in [2.24, 2.45) is 0 Å². The van der Waals surface area contributed by atoms with Crippen molar-refractivity contribution in [1.29, 1.82) is 0 Å². The van der Waals surface area contributed by atoms with Gasteiger partial charge in [0, 0.05) is 0 Å². The molecule has 0 aliphatic heterocycles. The normalized spacial score (nSPS) is 11.7. The molecule has 2 rings (SSSR count). The molecule has 0 spiro atoms. The third-order valence-corrected chi connectivity index (χ3v) is 7.15. The third kappa shape index (κ3) is 4.13. The van der Waals surface area contributed by atoms with E-state index in [0.29, 0.717) is 8.45 Å². The van der Waals surface area contributed by atoms with Gasteiger partial charge in [-0.1, -0.05) is 0 Å². The fourth-order valence-electron chi connectivity index (χ4n) is 2.45. The zero-order valence-corrected chi connectivity index (χ0v) is 16.7. The van der Waals surface area contributed by atoms with E-state index >= 15 is 0 Å². The molecule has 0 N–H and O–H groups in total. The molecular formula is C17H20ClNOSn. The van der Waals surface area contributed by atoms with Crippen LogP contribution in [0.15, 0.2) is 35.3 Å². The predicted octanol–water partition coefficient (Wildman–Crippen LogP) is 3.66. The van der Waals surface area contributed by atoms with Crippen molar-refractivity contribution in [3.05, 3.63) is 57.0 Å². The van der Waals surface area contributed by atoms with E-state index in [9.17, 15) is 4.79 Å². The topological polar surface area (TPSA) is 22.0 Å². The molecule has 0 bridgehead atoms. The minimum absolute atomic E-state index is 0.0144. The van der Waals surface area contributed by atoms with Crippen molar-refractivity contribution < 1.29 is 0 Å². The fraction of sp³-hybridized carbons (Fsp3) is 0.353. The molecular weight excluding hydrogens is 388 g/mol. The molecule has 0 atom stereocenters. The first-order valence-corrected chi connectivity index (χ1v) is 10.2. The minimum atomic E-state index is -0.739. The van der Waals surface area contributed by atoms with Gasteiger partial charge in [-0.3, -0.25) is 0 Å². The first kappa shape index (κ1) is 16.6. The van der Waals surface area contributed by atoms with Crippen LogP contribution < -0.4 is 9.14 Å². The molecule has 0 unspecified atom stereocenters. The van der Waals surface area contributed by atoms with E-state index in [4.69, 9.17) is 11.6 Å². The number of halogens is 1. The van der Waals surface area contributed by atoms with Crippen LogP contribution in [0.5, 0.6) is 0 Å². The summed E-state index contributed by atoms with van der Waals surface area (Å²) in [7, 11) is 0. The van der Waals surface area contributed by atoms with Crippen molar-refractivity contribution >= 4 is 36.3 Å². The second-order valence-electron chi connectivity index (χ2n) is 6.39. The quantitative estimate of drug-likeness (QED) is 0.696. The average molecular weight is 409 g/mol. The number of benzene rings is 1. The molecule has 1 aromatic carbocycles. The van der Waals surface area contributed by atoms with E-state index < -0.39 is 21.1 Å². The number of aryl methyl sites for hydroxylation is 2. The summed E-state index contributed by atoms with van der Waals surface area (Å²) in [6.07, 6.45) is 2.03. The van der Waals surface area contributed by atoms with Crippen molar-refractivity contribution in [2.45, 2.75) is 38.0 Å². The van der Waals surface area contributed by atoms with Crippen molar-refractivity contribution in [2.75, 3.05) is 0 Å². The summed E-state index contributed by atoms with van der Waals surface area (Å²) in [6, 6.07) is 7.51. The summed E-state index contributed by atoms with van der Waals surface area (Å²) in [6.45, 7) is 10.8. The van der Waals surface area contributed by atoms with E-state index in [0.717, 1.165) is 16.8 Å². The second-order valence-corrected chi connectivity index (χ2v) is 13.5. The molecule has 4 heteroatoms. The Bertz CT molecular complexity index is 705. The molecule has 0 aliphatic carbocycles. The standard InChI is InChI=1S/C13H11ClNO.C4H9.Sn/c1-9-7-11(14)8-10(2)13(9)15-6-4-3-5-12(15)16;1-4(2)3;/h3,5-8H,1-2H3;1-3H3;. The van der Waals surface area contributed by atoms with Crippen LogP contribution >= 0.6 is 11.6 Å². The summed E-state index contributed by atoms with van der Waals surface area (Å²) in [5.74, 6) is 0. The molecule has 0 saturated carbocycles. The fourth-order valence-corrected chi connectivity index (χ4v) is 6.28. The molecule has 0 amide bonds. The Balaban J connectivity index is 2.59. The number of hydrogen-bond donors (Lipinski definition) is 0. The van der Waals surface area contributed by atoms with Crippen molar-refractivity contribution in [3.8, 4) is 5.69 Å². The zero-order valence-electron chi connectivity index (χ0n) is 13.1. The van der Waals surface area contributed by atoms with Gasteiger partial charge in [-0.15, -0.1) is 0 Å². The van der Waals surface area contributed by atoms with Gasteiger partial charge in [0.15, 0.2) is 0 Å². The van der Waals surface area contributed by atoms with Crippen molar-refractivity contribution in [1.82, 2.24) is 4.57 Å². The molecule has 2 nitrogen and oxygen atoms in total. The summed E-state index contributed by atoms with van der Waals surface area (Å²) < 4.78 is 3.47. The predicted molar refractivity (Wildman–Crippen MR) is 91.6 cm³/mol. The maximum absolute atomic E-state index is 12.3. The van der Waals surface area contributed by atoms with Gasteiger partial charge >= 0.3 is 142 Å². The summed E-state index contributed by atoms with van der Waals surface area (Å²) in [5.41, 5.74) is 3.03. The van der Waals surface area contributed by atoms with Gasteiger partial charge in [-0.05, 0) is 0 Å². The third-order valence-electron chi connectivity index (χ3n) is 3.13. The van der Waals surface area contributed by atoms with Crippen LogP contribution in [-0.2, 0) is 0 Å². The Morgan fingerprint density at radius 1 is 1.10 bits per heavy atom. The summed E-state index contributed by atoms with van der Waals surface area (Å²) in [4.78, 5) is 12.3. The number of rotatable bonds is 2. The number of pyridine rings is 1. The summed E-state index contributed by atoms with van der Waals surface area (Å²) >= 11 is 5.35. The van der Waals surface area contributed by atoms with Gasteiger partial charge < -0.3 is 0 Å². The Morgan fingerprint density at radius 2 is 1.67 bits per heavy atom. The zero-order chi connectivity index (χ0) is 15.8. The first-order valence-electron chi connectivity index (χ1n) is 6.95. The van der Waals surface area contributed by atoms with Gasteiger partial charge in [0.25, 0.3) is 0 Å². The molecule has 110 valence electrons. The molecule has 0 aliphatic rings. The number of nitrogens with zero attached hydrogens (tertiary/aromatic N) is 1. The van der Waals surface area contributed by atoms with E-state index in [1.807, 2.05) is 38.2 Å². The van der Waals surface area contributed by atoms with Gasteiger partial charge in [0.2, 0.25) is 0 Å². The second kappa shape index (κ2) is 6.17. The molecule has 21 heavy (non-hydrogen) atoms. The molecule has 0 saturated heterocycles. The Hall–Kier alpha value is -0.741. The number of hydrogen-bond acceptors (Lipinski definition) is 1. The monoisotopic (exact) mass is 409 g/mol. The van der Waals surface area contributed by atoms with Gasteiger partial charge in [-0.2, -0.15) is 0 Å². The van der Waals surface area contributed by atoms with E-state index in [-0.39, 0.29) is 5.56 Å². The first-order chi connectivity index (χ1) is 9.67. The molecule has 2 aromatic rings. The van der Waals surface area contributed by atoms with E-state index in [1.165, 1.54) is 3.58 Å². The van der Waals surface area contributed by atoms with Crippen LogP contribution in [-0.4, -0.2) is 25.7 Å². The van der Waals surface area contributed by atoms with Crippen LogP contribution in [0, 0.1) is 13.8 Å². The van der Waals surface area contributed by atoms with Gasteiger partial charge in [-0.25, -0.2) is 0 Å². The molecule has 0 fully saturated rings. The van der Waals surface area contributed by atoms with Crippen LogP contribution in [0.3, 0.4) is 0 Å². The van der Waals surface area contributed by atoms with Crippen LogP contribution in [0.2, 0.25) is 8.45 Å². The maximum atomic E-state index is 12.3. The van der Waals surface area contributed by atoms with Crippen molar-refractivity contribution in [3.63, 3.8) is 0 Å². The SMILES string of the molecule is Cc1cc(Cl)cc(C)c1-n1c[c]([Sn][C](C)(C)C)ccc1=O. The Morgan fingerprint density at radius 3 is 2.19 bits per heavy atom. The average Bonchev–Trinajstić information content (AvgIpc) is 2.30. The molecule has 2 radical (unpaired) electrons. The van der Waals surface area contributed by atoms with Crippen LogP contribution in [0.25, 0.3) is 5.69 Å². The Labute approximate surface area is 141 Å². The summed E-state index contributed by atoms with van der Waals surface area (Å²) in [5, 5.41) is 0.712.